The van der Waals surface area contributed by atoms with E-state index in [2.05, 4.69) is 25.6 Å². The smallest absolute Gasteiger partial charge is 0.285 e. The fraction of sp³-hybridized carbons (Fsp3) is 1.00. The fourth-order valence-electron chi connectivity index (χ4n) is 3.92. The van der Waals surface area contributed by atoms with Crippen LogP contribution in [-0.4, -0.2) is 37.3 Å². The predicted molar refractivity (Wildman–Crippen MR) is 130 cm³/mol. The van der Waals surface area contributed by atoms with E-state index in [4.69, 9.17) is 14.2 Å². The van der Waals surface area contributed by atoms with Crippen LogP contribution in [0.5, 0.6) is 0 Å². The second-order valence-corrected chi connectivity index (χ2v) is 9.20. The van der Waals surface area contributed by atoms with Gasteiger partial charge in [0.25, 0.3) is 5.97 Å². The van der Waals surface area contributed by atoms with Crippen LogP contribution in [0.25, 0.3) is 0 Å². The summed E-state index contributed by atoms with van der Waals surface area (Å²) in [5.74, 6) is 2.00. The van der Waals surface area contributed by atoms with Gasteiger partial charge in [-0.05, 0) is 58.0 Å². The quantitative estimate of drug-likeness (QED) is 0.120. The molecule has 1 unspecified atom stereocenters. The molecule has 4 heteroatoms. The lowest BCUT2D eigenvalue weighted by atomic mass is 9.93. The number of hydrogen-bond donors (Lipinski definition) is 0. The summed E-state index contributed by atoms with van der Waals surface area (Å²) in [6.07, 6.45) is 16.8. The Hall–Kier alpha value is 0.230. The molecule has 0 radical (unpaired) electrons. The van der Waals surface area contributed by atoms with Crippen LogP contribution in [0.15, 0.2) is 0 Å². The molecule has 0 N–H and O–H groups in total. The van der Waals surface area contributed by atoms with Gasteiger partial charge in [-0.2, -0.15) is 11.8 Å². The summed E-state index contributed by atoms with van der Waals surface area (Å²) >= 11 is 2.11. The van der Waals surface area contributed by atoms with Gasteiger partial charge in [-0.15, -0.1) is 0 Å². The van der Waals surface area contributed by atoms with Gasteiger partial charge in [0.1, 0.15) is 0 Å². The average Bonchev–Trinajstić information content (AvgIpc) is 2.71. The van der Waals surface area contributed by atoms with E-state index < -0.39 is 5.97 Å². The third-order valence-corrected chi connectivity index (χ3v) is 6.58. The number of unbranched alkanes of at least 4 members (excludes halogenated alkanes) is 8. The van der Waals surface area contributed by atoms with Gasteiger partial charge in [0.05, 0.1) is 0 Å². The maximum Gasteiger partial charge on any atom is 0.285 e. The Morgan fingerprint density at radius 1 is 0.552 bits per heavy atom. The van der Waals surface area contributed by atoms with E-state index in [-0.39, 0.29) is 0 Å². The number of hydrogen-bond acceptors (Lipinski definition) is 4. The summed E-state index contributed by atoms with van der Waals surface area (Å²) in [7, 11) is 0. The number of rotatable bonds is 23. The second-order valence-electron chi connectivity index (χ2n) is 7.97. The van der Waals surface area contributed by atoms with Crippen molar-refractivity contribution in [2.24, 2.45) is 5.92 Å². The lowest BCUT2D eigenvalue weighted by Crippen LogP contribution is -2.46. The molecule has 1 atom stereocenters. The van der Waals surface area contributed by atoms with Gasteiger partial charge in [-0.1, -0.05) is 71.6 Å². The van der Waals surface area contributed by atoms with E-state index in [1.54, 1.807) is 0 Å². The van der Waals surface area contributed by atoms with E-state index in [1.807, 2.05) is 20.8 Å². The molecule has 0 bridgehead atoms. The highest BCUT2D eigenvalue weighted by molar-refractivity contribution is 7.99. The lowest BCUT2D eigenvalue weighted by Gasteiger charge is -2.39. The van der Waals surface area contributed by atoms with Gasteiger partial charge in [0.15, 0.2) is 0 Å². The zero-order valence-electron chi connectivity index (χ0n) is 20.4. The van der Waals surface area contributed by atoms with Crippen molar-refractivity contribution in [1.29, 1.82) is 0 Å². The topological polar surface area (TPSA) is 27.7 Å². The minimum absolute atomic E-state index is 0.314. The predicted octanol–water partition coefficient (Wildman–Crippen LogP) is 8.21. The van der Waals surface area contributed by atoms with Crippen molar-refractivity contribution in [3.05, 3.63) is 0 Å². The Morgan fingerprint density at radius 3 is 1.55 bits per heavy atom. The Morgan fingerprint density at radius 2 is 1.00 bits per heavy atom. The molecule has 0 aliphatic rings. The molecule has 29 heavy (non-hydrogen) atoms. The highest BCUT2D eigenvalue weighted by Gasteiger charge is 2.41. The monoisotopic (exact) mass is 432 g/mol. The molecule has 176 valence electrons. The molecule has 0 aromatic heterocycles. The number of ether oxygens (including phenoxy) is 3. The van der Waals surface area contributed by atoms with Crippen LogP contribution < -0.4 is 0 Å². The summed E-state index contributed by atoms with van der Waals surface area (Å²) in [6.45, 7) is 12.6. The van der Waals surface area contributed by atoms with Crippen LogP contribution in [0, 0.1) is 5.92 Å². The Kier molecular flexibility index (Phi) is 21.6. The van der Waals surface area contributed by atoms with E-state index in [0.717, 1.165) is 12.8 Å². The van der Waals surface area contributed by atoms with Crippen molar-refractivity contribution in [3.63, 3.8) is 0 Å². The van der Waals surface area contributed by atoms with Crippen LogP contribution in [-0.2, 0) is 14.2 Å². The van der Waals surface area contributed by atoms with Crippen molar-refractivity contribution in [2.45, 2.75) is 124 Å². The molecule has 0 amide bonds. The molecule has 0 aliphatic carbocycles. The average molecular weight is 433 g/mol. The highest BCUT2D eigenvalue weighted by Crippen LogP contribution is 2.34. The highest BCUT2D eigenvalue weighted by atomic mass is 32.2. The zero-order valence-corrected chi connectivity index (χ0v) is 21.3. The van der Waals surface area contributed by atoms with Crippen LogP contribution >= 0.6 is 11.8 Å². The SMILES string of the molecule is CCCCCCCCC(CCCSCCCCCC)C(OCC)(OCC)OCC. The Bertz CT molecular complexity index is 308. The third kappa shape index (κ3) is 14.8. The first kappa shape index (κ1) is 29.2. The van der Waals surface area contributed by atoms with Crippen molar-refractivity contribution in [1.82, 2.24) is 0 Å². The second kappa shape index (κ2) is 21.5. The lowest BCUT2D eigenvalue weighted by molar-refractivity contribution is -0.403. The van der Waals surface area contributed by atoms with Crippen LogP contribution in [0.4, 0.5) is 0 Å². The molecular formula is C25H52O3S. The summed E-state index contributed by atoms with van der Waals surface area (Å²) in [6, 6.07) is 0. The maximum absolute atomic E-state index is 6.14. The van der Waals surface area contributed by atoms with Crippen LogP contribution in [0.2, 0.25) is 0 Å². The van der Waals surface area contributed by atoms with Gasteiger partial charge in [0, 0.05) is 25.7 Å². The third-order valence-electron chi connectivity index (χ3n) is 5.43. The first-order valence-electron chi connectivity index (χ1n) is 12.7. The molecule has 0 fully saturated rings. The van der Waals surface area contributed by atoms with E-state index in [1.165, 1.54) is 82.1 Å². The van der Waals surface area contributed by atoms with E-state index >= 15 is 0 Å². The van der Waals surface area contributed by atoms with E-state index in [9.17, 15) is 0 Å². The molecule has 0 heterocycles. The number of thioether (sulfide) groups is 1. The van der Waals surface area contributed by atoms with Gasteiger partial charge in [-0.25, -0.2) is 0 Å². The normalized spacial score (nSPS) is 13.1. The first-order valence-corrected chi connectivity index (χ1v) is 13.9. The van der Waals surface area contributed by atoms with Crippen LogP contribution in [0.1, 0.15) is 118 Å². The minimum Gasteiger partial charge on any atom is -0.328 e. The van der Waals surface area contributed by atoms with Crippen molar-refractivity contribution in [2.75, 3.05) is 31.3 Å². The van der Waals surface area contributed by atoms with Gasteiger partial charge in [0.2, 0.25) is 0 Å². The molecular weight excluding hydrogens is 380 g/mol. The Balaban J connectivity index is 4.62. The molecule has 0 aromatic carbocycles. The van der Waals surface area contributed by atoms with Gasteiger partial charge < -0.3 is 14.2 Å². The Labute approximate surface area is 187 Å². The van der Waals surface area contributed by atoms with Gasteiger partial charge >= 0.3 is 0 Å². The first-order chi connectivity index (χ1) is 14.2. The molecule has 0 saturated carbocycles. The fourth-order valence-corrected chi connectivity index (χ4v) is 4.90. The molecule has 0 rings (SSSR count). The van der Waals surface area contributed by atoms with E-state index in [0.29, 0.717) is 25.7 Å². The molecule has 0 aliphatic heterocycles. The van der Waals surface area contributed by atoms with Gasteiger partial charge in [-0.3, -0.25) is 0 Å². The molecule has 0 spiro atoms. The van der Waals surface area contributed by atoms with Crippen molar-refractivity contribution >= 4 is 11.8 Å². The maximum atomic E-state index is 6.14. The summed E-state index contributed by atoms with van der Waals surface area (Å²) in [4.78, 5) is 0. The summed E-state index contributed by atoms with van der Waals surface area (Å²) in [5.41, 5.74) is 0. The molecule has 0 saturated heterocycles. The van der Waals surface area contributed by atoms with Crippen LogP contribution in [0.3, 0.4) is 0 Å². The summed E-state index contributed by atoms with van der Waals surface area (Å²) < 4.78 is 18.4. The molecule has 3 nitrogen and oxygen atoms in total. The minimum atomic E-state index is -0.854. The molecule has 0 aromatic rings. The largest absolute Gasteiger partial charge is 0.328 e. The van der Waals surface area contributed by atoms with Crippen molar-refractivity contribution < 1.29 is 14.2 Å². The standard InChI is InChI=1S/C25H52O3S/c1-6-11-13-15-16-17-20-24(21-19-23-29-22-18-14-12-7-2)25(26-8-3,27-9-4)28-10-5/h24H,6-23H2,1-5H3. The van der Waals surface area contributed by atoms with Crippen molar-refractivity contribution in [3.8, 4) is 0 Å². The zero-order chi connectivity index (χ0) is 21.6. The summed E-state index contributed by atoms with van der Waals surface area (Å²) in [5, 5.41) is 0.